The van der Waals surface area contributed by atoms with Crippen LogP contribution in [0.2, 0.25) is 0 Å². The van der Waals surface area contributed by atoms with E-state index in [9.17, 15) is 9.59 Å². The van der Waals surface area contributed by atoms with Crippen LogP contribution in [0.4, 0.5) is 0 Å². The van der Waals surface area contributed by atoms with E-state index in [0.29, 0.717) is 16.8 Å². The third kappa shape index (κ3) is 3.83. The molecule has 0 aliphatic rings. The van der Waals surface area contributed by atoms with E-state index in [-0.39, 0.29) is 18.0 Å². The Morgan fingerprint density at radius 2 is 2.07 bits per heavy atom. The Bertz CT molecular complexity index is 1160. The van der Waals surface area contributed by atoms with Crippen LogP contribution in [0.3, 0.4) is 0 Å². The lowest BCUT2D eigenvalue weighted by molar-refractivity contribution is -0.121. The van der Waals surface area contributed by atoms with Crippen molar-refractivity contribution in [2.24, 2.45) is 0 Å². The minimum atomic E-state index is -0.219. The number of fused-ring (bicyclic) bond motifs is 1. The number of rotatable bonds is 6. The highest BCUT2D eigenvalue weighted by Gasteiger charge is 2.12. The van der Waals surface area contributed by atoms with Gasteiger partial charge in [-0.15, -0.1) is 22.7 Å². The van der Waals surface area contributed by atoms with Crippen molar-refractivity contribution in [3.63, 3.8) is 0 Å². The molecule has 0 aliphatic carbocycles. The largest absolute Gasteiger partial charge is 0.497 e. The van der Waals surface area contributed by atoms with Gasteiger partial charge in [0.1, 0.15) is 17.0 Å². The van der Waals surface area contributed by atoms with Crippen LogP contribution in [-0.2, 0) is 17.9 Å². The maximum absolute atomic E-state index is 12.8. The van der Waals surface area contributed by atoms with E-state index in [2.05, 4.69) is 10.3 Å². The number of nitrogens with one attached hydrogen (secondary N) is 1. The maximum Gasteiger partial charge on any atom is 0.271 e. The minimum Gasteiger partial charge on any atom is -0.497 e. The molecule has 1 aromatic carbocycles. The summed E-state index contributed by atoms with van der Waals surface area (Å²) >= 11 is 2.95. The molecule has 28 heavy (non-hydrogen) atoms. The highest BCUT2D eigenvalue weighted by Crippen LogP contribution is 2.31. The zero-order chi connectivity index (χ0) is 19.5. The number of amides is 1. The van der Waals surface area contributed by atoms with Crippen molar-refractivity contribution in [3.8, 4) is 16.2 Å². The number of carbonyl (C=O) groups is 1. The second kappa shape index (κ2) is 7.95. The molecule has 0 fully saturated rings. The molecule has 6 nitrogen and oxygen atoms in total. The van der Waals surface area contributed by atoms with Gasteiger partial charge in [0.25, 0.3) is 5.56 Å². The summed E-state index contributed by atoms with van der Waals surface area (Å²) in [5.74, 6) is 0.558. The summed E-state index contributed by atoms with van der Waals surface area (Å²) in [5.41, 5.74) is 1.42. The molecule has 0 saturated carbocycles. The van der Waals surface area contributed by atoms with Crippen molar-refractivity contribution >= 4 is 38.8 Å². The van der Waals surface area contributed by atoms with Crippen molar-refractivity contribution in [2.75, 3.05) is 7.11 Å². The van der Waals surface area contributed by atoms with Gasteiger partial charge in [0.05, 0.1) is 25.5 Å². The summed E-state index contributed by atoms with van der Waals surface area (Å²) < 4.78 is 7.07. The van der Waals surface area contributed by atoms with Gasteiger partial charge in [-0.1, -0.05) is 6.07 Å². The van der Waals surface area contributed by atoms with Crippen LogP contribution in [0.1, 0.15) is 4.88 Å². The van der Waals surface area contributed by atoms with Gasteiger partial charge in [-0.05, 0) is 47.3 Å². The van der Waals surface area contributed by atoms with Crippen LogP contribution in [0, 0.1) is 0 Å². The lowest BCUT2D eigenvalue weighted by atomic mass is 10.2. The van der Waals surface area contributed by atoms with Gasteiger partial charge in [-0.3, -0.25) is 14.2 Å². The zero-order valence-electron chi connectivity index (χ0n) is 15.0. The lowest BCUT2D eigenvalue weighted by Crippen LogP contribution is -2.31. The smallest absolute Gasteiger partial charge is 0.271 e. The number of aromatic nitrogens is 2. The fourth-order valence-corrected chi connectivity index (χ4v) is 4.47. The standard InChI is InChI=1S/C20H17N3O3S2/c1-26-14-6-4-13(5-7-14)17-9-16-19(28-17)20(25)23(12-22-16)11-18(24)21-10-15-3-2-8-27-15/h2-9,12H,10-11H2,1H3,(H,21,24). The van der Waals surface area contributed by atoms with Crippen LogP contribution >= 0.6 is 22.7 Å². The molecular formula is C20H17N3O3S2. The van der Waals surface area contributed by atoms with E-state index in [0.717, 1.165) is 21.1 Å². The Kier molecular flexibility index (Phi) is 5.23. The molecule has 142 valence electrons. The average Bonchev–Trinajstić information content (AvgIpc) is 3.39. The monoisotopic (exact) mass is 411 g/mol. The van der Waals surface area contributed by atoms with Crippen LogP contribution in [-0.4, -0.2) is 22.6 Å². The predicted molar refractivity (Wildman–Crippen MR) is 112 cm³/mol. The fraction of sp³-hybridized carbons (Fsp3) is 0.150. The molecule has 0 unspecified atom stereocenters. The minimum absolute atomic E-state index is 0.0527. The zero-order valence-corrected chi connectivity index (χ0v) is 16.7. The molecule has 0 saturated heterocycles. The number of nitrogens with zero attached hydrogens (tertiary/aromatic N) is 2. The van der Waals surface area contributed by atoms with Crippen LogP contribution < -0.4 is 15.6 Å². The van der Waals surface area contributed by atoms with Gasteiger partial charge in [0.2, 0.25) is 5.91 Å². The fourth-order valence-electron chi connectivity index (χ4n) is 2.76. The molecule has 0 radical (unpaired) electrons. The summed E-state index contributed by atoms with van der Waals surface area (Å²) in [5, 5.41) is 4.79. The number of methoxy groups -OCH3 is 1. The number of hydrogen-bond acceptors (Lipinski definition) is 6. The van der Waals surface area contributed by atoms with E-state index < -0.39 is 0 Å². The first-order valence-electron chi connectivity index (χ1n) is 8.56. The molecule has 1 N–H and O–H groups in total. The molecule has 1 amide bonds. The Balaban J connectivity index is 1.54. The van der Waals surface area contributed by atoms with E-state index in [1.54, 1.807) is 18.4 Å². The van der Waals surface area contributed by atoms with E-state index >= 15 is 0 Å². The third-order valence-corrected chi connectivity index (χ3v) is 6.27. The van der Waals surface area contributed by atoms with E-state index in [4.69, 9.17) is 4.74 Å². The van der Waals surface area contributed by atoms with E-state index in [1.807, 2.05) is 47.8 Å². The second-order valence-electron chi connectivity index (χ2n) is 6.09. The highest BCUT2D eigenvalue weighted by atomic mass is 32.1. The molecule has 3 heterocycles. The highest BCUT2D eigenvalue weighted by molar-refractivity contribution is 7.22. The van der Waals surface area contributed by atoms with Crippen molar-refractivity contribution in [2.45, 2.75) is 13.1 Å². The number of hydrogen-bond donors (Lipinski definition) is 1. The molecular weight excluding hydrogens is 394 g/mol. The molecule has 0 atom stereocenters. The Hall–Kier alpha value is -2.97. The molecule has 4 rings (SSSR count). The number of thiophene rings is 2. The summed E-state index contributed by atoms with van der Waals surface area (Å²) in [6, 6.07) is 13.4. The molecule has 8 heteroatoms. The van der Waals surface area contributed by atoms with Gasteiger partial charge in [-0.2, -0.15) is 0 Å². The average molecular weight is 412 g/mol. The van der Waals surface area contributed by atoms with Crippen molar-refractivity contribution in [1.82, 2.24) is 14.9 Å². The van der Waals surface area contributed by atoms with Crippen LogP contribution in [0.25, 0.3) is 20.7 Å². The second-order valence-corrected chi connectivity index (χ2v) is 8.17. The molecule has 3 aromatic heterocycles. The van der Waals surface area contributed by atoms with Crippen LogP contribution in [0.5, 0.6) is 5.75 Å². The van der Waals surface area contributed by atoms with Gasteiger partial charge >= 0.3 is 0 Å². The SMILES string of the molecule is COc1ccc(-c2cc3ncn(CC(=O)NCc4cccs4)c(=O)c3s2)cc1. The first-order chi connectivity index (χ1) is 13.6. The molecule has 4 aromatic rings. The van der Waals surface area contributed by atoms with Crippen molar-refractivity contribution < 1.29 is 9.53 Å². The Morgan fingerprint density at radius 3 is 2.79 bits per heavy atom. The topological polar surface area (TPSA) is 73.2 Å². The molecule has 0 aliphatic heterocycles. The summed E-state index contributed by atoms with van der Waals surface area (Å²) in [4.78, 5) is 31.3. The van der Waals surface area contributed by atoms with Gasteiger partial charge in [0, 0.05) is 9.75 Å². The quantitative estimate of drug-likeness (QED) is 0.527. The molecule has 0 bridgehead atoms. The summed E-state index contributed by atoms with van der Waals surface area (Å²) in [7, 11) is 1.62. The predicted octanol–water partition coefficient (Wildman–Crippen LogP) is 3.51. The maximum atomic E-state index is 12.8. The van der Waals surface area contributed by atoms with Crippen molar-refractivity contribution in [3.05, 3.63) is 69.4 Å². The number of benzene rings is 1. The normalized spacial score (nSPS) is 10.9. The number of carbonyl (C=O) groups excluding carboxylic acids is 1. The van der Waals surface area contributed by atoms with Gasteiger partial charge < -0.3 is 10.1 Å². The van der Waals surface area contributed by atoms with Gasteiger partial charge in [0.15, 0.2) is 0 Å². The first-order valence-corrected chi connectivity index (χ1v) is 10.3. The van der Waals surface area contributed by atoms with Gasteiger partial charge in [-0.25, -0.2) is 4.98 Å². The molecule has 0 spiro atoms. The van der Waals surface area contributed by atoms with Crippen LogP contribution in [0.15, 0.2) is 59.0 Å². The first kappa shape index (κ1) is 18.4. The van der Waals surface area contributed by atoms with E-state index in [1.165, 1.54) is 22.2 Å². The third-order valence-electron chi connectivity index (χ3n) is 4.23. The Labute approximate surface area is 169 Å². The Morgan fingerprint density at radius 1 is 1.25 bits per heavy atom. The lowest BCUT2D eigenvalue weighted by Gasteiger charge is -2.06. The summed E-state index contributed by atoms with van der Waals surface area (Å²) in [6.45, 7) is 0.407. The summed E-state index contributed by atoms with van der Waals surface area (Å²) in [6.07, 6.45) is 1.43. The van der Waals surface area contributed by atoms with Crippen molar-refractivity contribution in [1.29, 1.82) is 0 Å². The number of ether oxygens (including phenoxy) is 1.